The van der Waals surface area contributed by atoms with Crippen LogP contribution in [0.1, 0.15) is 28.9 Å². The summed E-state index contributed by atoms with van der Waals surface area (Å²) < 4.78 is 24.3. The Morgan fingerprint density at radius 1 is 1.13 bits per heavy atom. The molecule has 1 atom stereocenters. The van der Waals surface area contributed by atoms with Crippen LogP contribution in [0.25, 0.3) is 0 Å². The lowest BCUT2D eigenvalue weighted by atomic mass is 10.1. The Balaban J connectivity index is 2.27. The average molecular weight is 462 g/mol. The molecule has 0 aliphatic rings. The highest BCUT2D eigenvalue weighted by Crippen LogP contribution is 2.25. The molecule has 0 aliphatic heterocycles. The number of halogens is 2. The molecule has 1 amide bonds. The highest BCUT2D eigenvalue weighted by atomic mass is 79.9. The molecular weight excluding hydrogens is 448 g/mol. The van der Waals surface area contributed by atoms with Crippen LogP contribution in [0, 0.1) is 0 Å². The predicted molar refractivity (Wildman–Crippen MR) is 95.5 cm³/mol. The lowest BCUT2D eigenvalue weighted by Crippen LogP contribution is -2.27. The number of sulfonamides is 1. The van der Waals surface area contributed by atoms with Gasteiger partial charge in [0.2, 0.25) is 10.0 Å². The van der Waals surface area contributed by atoms with Crippen molar-refractivity contribution < 1.29 is 13.2 Å². The summed E-state index contributed by atoms with van der Waals surface area (Å²) in [7, 11) is -3.91. The SMILES string of the molecule is C[C@H](NC(=O)c1ccc(Br)c(S(N)(=O)=O)c1)c1ccccc1Br. The van der Waals surface area contributed by atoms with E-state index in [0.717, 1.165) is 10.0 Å². The molecule has 0 heterocycles. The van der Waals surface area contributed by atoms with Crippen LogP contribution in [0.3, 0.4) is 0 Å². The van der Waals surface area contributed by atoms with Gasteiger partial charge in [-0.05, 0) is 52.7 Å². The van der Waals surface area contributed by atoms with E-state index in [1.54, 1.807) is 0 Å². The number of carbonyl (C=O) groups excluding carboxylic acids is 1. The van der Waals surface area contributed by atoms with Gasteiger partial charge < -0.3 is 5.32 Å². The maximum atomic E-state index is 12.4. The molecule has 0 aliphatic carbocycles. The Hall–Kier alpha value is -1.22. The molecule has 5 nitrogen and oxygen atoms in total. The first kappa shape index (κ1) is 18.1. The molecule has 2 rings (SSSR count). The summed E-state index contributed by atoms with van der Waals surface area (Å²) in [5, 5.41) is 7.97. The van der Waals surface area contributed by atoms with E-state index in [2.05, 4.69) is 37.2 Å². The standard InChI is InChI=1S/C15H14Br2N2O3S/c1-9(11-4-2-3-5-12(11)16)19-15(20)10-6-7-13(17)14(8-10)23(18,21)22/h2-9H,1H3,(H,19,20)(H2,18,21,22)/t9-/m0/s1. The summed E-state index contributed by atoms with van der Waals surface area (Å²) in [5.41, 5.74) is 1.14. The maximum Gasteiger partial charge on any atom is 0.251 e. The Morgan fingerprint density at radius 2 is 1.78 bits per heavy atom. The molecule has 0 spiro atoms. The van der Waals surface area contributed by atoms with Crippen LogP contribution < -0.4 is 10.5 Å². The summed E-state index contributed by atoms with van der Waals surface area (Å²) in [6.07, 6.45) is 0. The second-order valence-corrected chi connectivity index (χ2v) is 8.15. The highest BCUT2D eigenvalue weighted by Gasteiger charge is 2.18. The predicted octanol–water partition coefficient (Wildman–Crippen LogP) is 3.35. The van der Waals surface area contributed by atoms with Crippen LogP contribution in [-0.2, 0) is 10.0 Å². The zero-order valence-electron chi connectivity index (χ0n) is 12.1. The topological polar surface area (TPSA) is 89.3 Å². The monoisotopic (exact) mass is 460 g/mol. The third kappa shape index (κ3) is 4.41. The van der Waals surface area contributed by atoms with E-state index in [0.29, 0.717) is 4.47 Å². The molecule has 0 saturated heterocycles. The lowest BCUT2D eigenvalue weighted by Gasteiger charge is -2.16. The third-order valence-electron chi connectivity index (χ3n) is 3.22. The van der Waals surface area contributed by atoms with Crippen molar-refractivity contribution >= 4 is 47.8 Å². The number of rotatable bonds is 4. The first-order valence-corrected chi connectivity index (χ1v) is 9.71. The minimum absolute atomic E-state index is 0.126. The van der Waals surface area contributed by atoms with Gasteiger partial charge in [-0.1, -0.05) is 34.1 Å². The van der Waals surface area contributed by atoms with Gasteiger partial charge in [-0.15, -0.1) is 0 Å². The van der Waals surface area contributed by atoms with Gasteiger partial charge in [-0.25, -0.2) is 13.6 Å². The summed E-state index contributed by atoms with van der Waals surface area (Å²) in [4.78, 5) is 12.2. The number of hydrogen-bond donors (Lipinski definition) is 2. The summed E-state index contributed by atoms with van der Waals surface area (Å²) >= 11 is 6.55. The minimum Gasteiger partial charge on any atom is -0.345 e. The van der Waals surface area contributed by atoms with Crippen LogP contribution >= 0.6 is 31.9 Å². The molecule has 0 saturated carbocycles. The van der Waals surface area contributed by atoms with Crippen LogP contribution in [-0.4, -0.2) is 14.3 Å². The lowest BCUT2D eigenvalue weighted by molar-refractivity contribution is 0.0939. The second kappa shape index (κ2) is 7.12. The zero-order valence-corrected chi connectivity index (χ0v) is 16.1. The molecule has 0 fully saturated rings. The number of carbonyl (C=O) groups is 1. The van der Waals surface area contributed by atoms with Crippen molar-refractivity contribution in [1.82, 2.24) is 5.32 Å². The minimum atomic E-state index is -3.91. The molecule has 0 aromatic heterocycles. The third-order valence-corrected chi connectivity index (χ3v) is 5.85. The number of amides is 1. The number of primary sulfonamides is 1. The van der Waals surface area contributed by atoms with Crippen molar-refractivity contribution in [1.29, 1.82) is 0 Å². The number of nitrogens with one attached hydrogen (secondary N) is 1. The van der Waals surface area contributed by atoms with Gasteiger partial charge in [0.05, 0.1) is 10.9 Å². The summed E-state index contributed by atoms with van der Waals surface area (Å²) in [5.74, 6) is -0.384. The van der Waals surface area contributed by atoms with E-state index < -0.39 is 10.0 Å². The molecule has 0 radical (unpaired) electrons. The van der Waals surface area contributed by atoms with Gasteiger partial charge >= 0.3 is 0 Å². The molecule has 23 heavy (non-hydrogen) atoms. The molecule has 2 aromatic carbocycles. The first-order valence-electron chi connectivity index (χ1n) is 6.58. The Labute approximate surface area is 151 Å². The molecule has 0 bridgehead atoms. The van der Waals surface area contributed by atoms with E-state index in [-0.39, 0.29) is 22.4 Å². The van der Waals surface area contributed by atoms with Crippen molar-refractivity contribution in [3.8, 4) is 0 Å². The fraction of sp³-hybridized carbons (Fsp3) is 0.133. The summed E-state index contributed by atoms with van der Waals surface area (Å²) in [6.45, 7) is 1.84. The molecule has 3 N–H and O–H groups in total. The zero-order chi connectivity index (χ0) is 17.2. The van der Waals surface area contributed by atoms with Gasteiger partial charge in [0.15, 0.2) is 0 Å². The fourth-order valence-corrected chi connectivity index (χ4v) is 4.23. The molecule has 2 aromatic rings. The van der Waals surface area contributed by atoms with Crippen LogP contribution in [0.5, 0.6) is 0 Å². The molecule has 0 unspecified atom stereocenters. The quantitative estimate of drug-likeness (QED) is 0.731. The van der Waals surface area contributed by atoms with Gasteiger partial charge in [-0.3, -0.25) is 4.79 Å². The number of benzene rings is 2. The second-order valence-electron chi connectivity index (χ2n) is 4.91. The normalized spacial score (nSPS) is 12.7. The van der Waals surface area contributed by atoms with E-state index in [4.69, 9.17) is 5.14 Å². The Kier molecular flexibility index (Phi) is 5.61. The first-order chi connectivity index (χ1) is 10.7. The van der Waals surface area contributed by atoms with Crippen molar-refractivity contribution in [3.05, 3.63) is 62.5 Å². The molecule has 122 valence electrons. The molecule has 8 heteroatoms. The summed E-state index contributed by atoms with van der Waals surface area (Å²) in [6, 6.07) is 11.6. The Bertz CT molecular complexity index is 854. The number of nitrogens with two attached hydrogens (primary N) is 1. The maximum absolute atomic E-state index is 12.4. The van der Waals surface area contributed by atoms with E-state index in [1.165, 1.54) is 18.2 Å². The number of hydrogen-bond acceptors (Lipinski definition) is 3. The van der Waals surface area contributed by atoms with Gasteiger partial charge in [0, 0.05) is 14.5 Å². The van der Waals surface area contributed by atoms with Crippen LogP contribution in [0.4, 0.5) is 0 Å². The largest absolute Gasteiger partial charge is 0.345 e. The van der Waals surface area contributed by atoms with Gasteiger partial charge in [0.25, 0.3) is 5.91 Å². The average Bonchev–Trinajstić information content (AvgIpc) is 2.46. The van der Waals surface area contributed by atoms with Crippen molar-refractivity contribution in [2.45, 2.75) is 17.9 Å². The van der Waals surface area contributed by atoms with E-state index in [9.17, 15) is 13.2 Å². The van der Waals surface area contributed by atoms with E-state index in [1.807, 2.05) is 31.2 Å². The van der Waals surface area contributed by atoms with Crippen molar-refractivity contribution in [3.63, 3.8) is 0 Å². The molecular formula is C15H14Br2N2O3S. The fourth-order valence-electron chi connectivity index (χ4n) is 2.05. The Morgan fingerprint density at radius 3 is 2.39 bits per heavy atom. The van der Waals surface area contributed by atoms with Crippen LogP contribution in [0.2, 0.25) is 0 Å². The van der Waals surface area contributed by atoms with Gasteiger partial charge in [-0.2, -0.15) is 0 Å². The van der Waals surface area contributed by atoms with Gasteiger partial charge in [0.1, 0.15) is 0 Å². The smallest absolute Gasteiger partial charge is 0.251 e. The van der Waals surface area contributed by atoms with Crippen molar-refractivity contribution in [2.24, 2.45) is 5.14 Å². The van der Waals surface area contributed by atoms with Crippen LogP contribution in [0.15, 0.2) is 56.3 Å². The van der Waals surface area contributed by atoms with Crippen molar-refractivity contribution in [2.75, 3.05) is 0 Å². The van der Waals surface area contributed by atoms with E-state index >= 15 is 0 Å². The highest BCUT2D eigenvalue weighted by molar-refractivity contribution is 9.10.